The van der Waals surface area contributed by atoms with E-state index in [1.807, 2.05) is 34.6 Å². The summed E-state index contributed by atoms with van der Waals surface area (Å²) in [6.45, 7) is 11.9. The summed E-state index contributed by atoms with van der Waals surface area (Å²) in [7, 11) is 0. The quantitative estimate of drug-likeness (QED) is 0.761. The maximum Gasteiger partial charge on any atom is 0.154 e. The molecule has 0 radical (unpaired) electrons. The Bertz CT molecular complexity index is 152. The van der Waals surface area contributed by atoms with E-state index in [0.29, 0.717) is 0 Å². The third kappa shape index (κ3) is 7.07. The minimum absolute atomic E-state index is 0. The van der Waals surface area contributed by atoms with Crippen molar-refractivity contribution >= 4 is 5.78 Å². The van der Waals surface area contributed by atoms with Gasteiger partial charge < -0.3 is 5.73 Å². The Morgan fingerprint density at radius 1 is 1.36 bits per heavy atom. The predicted octanol–water partition coefficient (Wildman–Crippen LogP) is 3.39. The number of rotatable bonds is 4. The minimum atomic E-state index is -0.285. The summed E-state index contributed by atoms with van der Waals surface area (Å²) >= 11 is 0. The van der Waals surface area contributed by atoms with E-state index in [0.717, 1.165) is 19.3 Å². The molecule has 0 aliphatic heterocycles. The largest absolute Gasteiger partial charge is 0.321 e. The third-order valence-electron chi connectivity index (χ3n) is 1.94. The molecule has 0 heterocycles. The number of hydrogen-bond acceptors (Lipinski definition) is 2. The van der Waals surface area contributed by atoms with Crippen LogP contribution in [0, 0.1) is 5.41 Å². The van der Waals surface area contributed by atoms with E-state index in [1.54, 1.807) is 0 Å². The van der Waals surface area contributed by atoms with E-state index in [2.05, 4.69) is 6.92 Å². The highest BCUT2D eigenvalue weighted by Crippen LogP contribution is 2.17. The summed E-state index contributed by atoms with van der Waals surface area (Å²) in [6, 6.07) is -0.259. The van der Waals surface area contributed by atoms with Crippen molar-refractivity contribution in [2.45, 2.75) is 66.8 Å². The van der Waals surface area contributed by atoms with E-state index < -0.39 is 0 Å². The van der Waals surface area contributed by atoms with E-state index in [4.69, 9.17) is 5.73 Å². The number of carbonyl (C=O) groups is 1. The fourth-order valence-electron chi connectivity index (χ4n) is 1.11. The zero-order valence-corrected chi connectivity index (χ0v) is 10.7. The number of hydrogen-bond donors (Lipinski definition) is 1. The SMILES string of the molecule is CC.CCCC[C@H](N)C(=O)C(C)(C)C.[HH]. The Balaban J connectivity index is -0.000000449. The summed E-state index contributed by atoms with van der Waals surface area (Å²) in [5.41, 5.74) is 5.46. The summed E-state index contributed by atoms with van der Waals surface area (Å²) < 4.78 is 0. The van der Waals surface area contributed by atoms with E-state index in [9.17, 15) is 4.79 Å². The molecule has 1 atom stereocenters. The molecule has 0 rings (SSSR count). The molecule has 0 amide bonds. The van der Waals surface area contributed by atoms with Gasteiger partial charge in [0.2, 0.25) is 0 Å². The van der Waals surface area contributed by atoms with E-state index in [1.165, 1.54) is 0 Å². The highest BCUT2D eigenvalue weighted by Gasteiger charge is 2.26. The highest BCUT2D eigenvalue weighted by molar-refractivity contribution is 5.88. The van der Waals surface area contributed by atoms with Gasteiger partial charge in [0.25, 0.3) is 0 Å². The summed E-state index contributed by atoms with van der Waals surface area (Å²) in [5, 5.41) is 0. The molecule has 2 heteroatoms. The molecule has 0 saturated carbocycles. The molecular formula is C12H29NO. The number of nitrogens with two attached hydrogens (primary N) is 1. The Hall–Kier alpha value is -0.370. The van der Waals surface area contributed by atoms with Crippen LogP contribution in [0.4, 0.5) is 0 Å². The Morgan fingerprint density at radius 3 is 2.07 bits per heavy atom. The fourth-order valence-corrected chi connectivity index (χ4v) is 1.11. The van der Waals surface area contributed by atoms with Gasteiger partial charge in [-0.3, -0.25) is 4.79 Å². The lowest BCUT2D eigenvalue weighted by Gasteiger charge is -2.21. The van der Waals surface area contributed by atoms with Crippen LogP contribution in [0.1, 0.15) is 62.2 Å². The van der Waals surface area contributed by atoms with Crippen molar-refractivity contribution in [1.29, 1.82) is 0 Å². The molecule has 0 fully saturated rings. The zero-order valence-electron chi connectivity index (χ0n) is 10.7. The lowest BCUT2D eigenvalue weighted by atomic mass is 9.85. The Morgan fingerprint density at radius 2 is 1.79 bits per heavy atom. The summed E-state index contributed by atoms with van der Waals surface area (Å²) in [4.78, 5) is 11.5. The van der Waals surface area contributed by atoms with E-state index in [-0.39, 0.29) is 18.7 Å². The molecule has 0 aromatic carbocycles. The maximum absolute atomic E-state index is 11.5. The molecule has 0 saturated heterocycles. The second-order valence-electron chi connectivity index (χ2n) is 4.36. The second-order valence-corrected chi connectivity index (χ2v) is 4.36. The van der Waals surface area contributed by atoms with Crippen LogP contribution < -0.4 is 5.73 Å². The molecule has 0 aliphatic carbocycles. The van der Waals surface area contributed by atoms with Gasteiger partial charge in [-0.05, 0) is 6.42 Å². The molecule has 2 nitrogen and oxygen atoms in total. The number of ketones is 1. The average Bonchev–Trinajstić information content (AvgIpc) is 2.14. The van der Waals surface area contributed by atoms with Crippen molar-refractivity contribution in [1.82, 2.24) is 0 Å². The molecule has 0 unspecified atom stereocenters. The van der Waals surface area contributed by atoms with Gasteiger partial charge in [0.1, 0.15) is 0 Å². The van der Waals surface area contributed by atoms with Crippen molar-refractivity contribution in [3.63, 3.8) is 0 Å². The van der Waals surface area contributed by atoms with Gasteiger partial charge >= 0.3 is 0 Å². The van der Waals surface area contributed by atoms with Crippen LogP contribution in [-0.2, 0) is 4.79 Å². The first-order valence-corrected chi connectivity index (χ1v) is 5.69. The van der Waals surface area contributed by atoms with Crippen LogP contribution in [0.15, 0.2) is 0 Å². The molecule has 0 bridgehead atoms. The van der Waals surface area contributed by atoms with Crippen LogP contribution in [0.5, 0.6) is 0 Å². The van der Waals surface area contributed by atoms with Crippen LogP contribution in [0.25, 0.3) is 0 Å². The minimum Gasteiger partial charge on any atom is -0.321 e. The first-order valence-electron chi connectivity index (χ1n) is 5.69. The molecular weight excluding hydrogens is 174 g/mol. The van der Waals surface area contributed by atoms with Crippen molar-refractivity contribution in [3.8, 4) is 0 Å². The molecule has 0 aliphatic rings. The Kier molecular flexibility index (Phi) is 9.16. The van der Waals surface area contributed by atoms with Crippen LogP contribution in [0.3, 0.4) is 0 Å². The molecule has 2 N–H and O–H groups in total. The topological polar surface area (TPSA) is 43.1 Å². The number of Topliss-reactive ketones (excluding diaryl/α,β-unsaturated/α-hetero) is 1. The van der Waals surface area contributed by atoms with Gasteiger partial charge in [-0.25, -0.2) is 0 Å². The van der Waals surface area contributed by atoms with Crippen molar-refractivity contribution in [2.24, 2.45) is 11.1 Å². The number of carbonyl (C=O) groups excluding carboxylic acids is 1. The molecule has 88 valence electrons. The first-order chi connectivity index (χ1) is 6.39. The van der Waals surface area contributed by atoms with Gasteiger partial charge in [-0.1, -0.05) is 54.4 Å². The van der Waals surface area contributed by atoms with Crippen LogP contribution in [-0.4, -0.2) is 11.8 Å². The predicted molar refractivity (Wildman–Crippen MR) is 65.4 cm³/mol. The van der Waals surface area contributed by atoms with Crippen molar-refractivity contribution in [2.75, 3.05) is 0 Å². The van der Waals surface area contributed by atoms with Gasteiger partial charge in [0.05, 0.1) is 6.04 Å². The standard InChI is InChI=1S/C10H21NO.C2H6.H2/c1-5-6-7-8(11)9(12)10(2,3)4;1-2;/h8H,5-7,11H2,1-4H3;1-2H3;1H/t8-;;/m0../s1. The van der Waals surface area contributed by atoms with Gasteiger partial charge in [-0.15, -0.1) is 0 Å². The average molecular weight is 203 g/mol. The monoisotopic (exact) mass is 203 g/mol. The van der Waals surface area contributed by atoms with Gasteiger partial charge in [0, 0.05) is 6.84 Å². The lowest BCUT2D eigenvalue weighted by molar-refractivity contribution is -0.127. The van der Waals surface area contributed by atoms with Gasteiger partial charge in [-0.2, -0.15) is 0 Å². The van der Waals surface area contributed by atoms with Crippen LogP contribution >= 0.6 is 0 Å². The smallest absolute Gasteiger partial charge is 0.154 e. The third-order valence-corrected chi connectivity index (χ3v) is 1.94. The number of unbranched alkanes of at least 4 members (excludes halogenated alkanes) is 1. The summed E-state index contributed by atoms with van der Waals surface area (Å²) in [5.74, 6) is 0.177. The van der Waals surface area contributed by atoms with Crippen LogP contribution in [0.2, 0.25) is 0 Å². The second kappa shape index (κ2) is 7.98. The molecule has 14 heavy (non-hydrogen) atoms. The van der Waals surface area contributed by atoms with E-state index >= 15 is 0 Å². The highest BCUT2D eigenvalue weighted by atomic mass is 16.1. The normalized spacial score (nSPS) is 12.8. The summed E-state index contributed by atoms with van der Waals surface area (Å²) in [6.07, 6.45) is 2.97. The lowest BCUT2D eigenvalue weighted by Crippen LogP contribution is -2.38. The van der Waals surface area contributed by atoms with Crippen molar-refractivity contribution in [3.05, 3.63) is 0 Å². The molecule has 0 aromatic heterocycles. The molecule has 0 spiro atoms. The Labute approximate surface area is 90.7 Å². The van der Waals surface area contributed by atoms with Gasteiger partial charge in [0.15, 0.2) is 5.78 Å². The first kappa shape index (κ1) is 16.1. The molecule has 0 aromatic rings. The van der Waals surface area contributed by atoms with Crippen molar-refractivity contribution < 1.29 is 6.22 Å². The fraction of sp³-hybridized carbons (Fsp3) is 0.917. The zero-order chi connectivity index (χ0) is 11.8. The maximum atomic E-state index is 11.5.